The van der Waals surface area contributed by atoms with Gasteiger partial charge >= 0.3 is 0 Å². The van der Waals surface area contributed by atoms with Gasteiger partial charge in [0.1, 0.15) is 5.75 Å². The predicted molar refractivity (Wildman–Crippen MR) is 127 cm³/mol. The topological polar surface area (TPSA) is 96.9 Å². The molecule has 4 rings (SSSR count). The molecule has 0 spiro atoms. The Labute approximate surface area is 192 Å². The number of tetrazole rings is 1. The van der Waals surface area contributed by atoms with Crippen molar-refractivity contribution in [3.63, 3.8) is 0 Å². The number of ether oxygens (including phenoxy) is 1. The zero-order valence-electron chi connectivity index (χ0n) is 19.4. The molecule has 0 saturated heterocycles. The van der Waals surface area contributed by atoms with E-state index in [0.29, 0.717) is 29.4 Å². The molecule has 8 heteroatoms. The van der Waals surface area contributed by atoms with Crippen LogP contribution in [-0.4, -0.2) is 57.1 Å². The van der Waals surface area contributed by atoms with Crippen LogP contribution in [0.4, 0.5) is 0 Å². The highest BCUT2D eigenvalue weighted by Crippen LogP contribution is 2.39. The van der Waals surface area contributed by atoms with Crippen LogP contribution in [0, 0.1) is 13.8 Å². The van der Waals surface area contributed by atoms with Crippen molar-refractivity contribution in [3.05, 3.63) is 65.5 Å². The Balaban J connectivity index is 1.86. The van der Waals surface area contributed by atoms with E-state index in [-0.39, 0.29) is 5.91 Å². The average molecular weight is 443 g/mol. The maximum atomic E-state index is 13.1. The lowest BCUT2D eigenvalue weighted by Crippen LogP contribution is -2.24. The lowest BCUT2D eigenvalue weighted by Gasteiger charge is -2.21. The first kappa shape index (κ1) is 22.1. The summed E-state index contributed by atoms with van der Waals surface area (Å²) in [5, 5.41) is 14.4. The van der Waals surface area contributed by atoms with Crippen molar-refractivity contribution in [1.82, 2.24) is 30.5 Å². The number of amides is 1. The van der Waals surface area contributed by atoms with Crippen LogP contribution in [0.3, 0.4) is 0 Å². The van der Waals surface area contributed by atoms with E-state index >= 15 is 0 Å². The van der Waals surface area contributed by atoms with Crippen molar-refractivity contribution in [2.45, 2.75) is 20.8 Å². The molecule has 4 aromatic rings. The first-order chi connectivity index (χ1) is 15.9. The standard InChI is InChI=1S/C25H26N6O2/c1-6-33-23-16(3)26-15(2)21(25(32)31(4)5)22(23)18-13-11-17(12-14-18)19-9-7-8-10-20(19)24-27-29-30-28-24/h7-14H,6H2,1-5H3,(H,27,28,29,30). The summed E-state index contributed by atoms with van der Waals surface area (Å²) in [6.07, 6.45) is 0. The number of aromatic nitrogens is 5. The van der Waals surface area contributed by atoms with Crippen LogP contribution in [0.15, 0.2) is 48.5 Å². The molecule has 168 valence electrons. The Morgan fingerprint density at radius 3 is 2.24 bits per heavy atom. The fraction of sp³-hybridized carbons (Fsp3) is 0.240. The number of H-pyrrole nitrogens is 1. The van der Waals surface area contributed by atoms with Crippen molar-refractivity contribution in [3.8, 4) is 39.4 Å². The highest BCUT2D eigenvalue weighted by atomic mass is 16.5. The molecule has 1 amide bonds. The summed E-state index contributed by atoms with van der Waals surface area (Å²) in [4.78, 5) is 19.3. The first-order valence-electron chi connectivity index (χ1n) is 10.7. The Bertz CT molecular complexity index is 1280. The van der Waals surface area contributed by atoms with Gasteiger partial charge in [0.05, 0.1) is 23.6 Å². The summed E-state index contributed by atoms with van der Waals surface area (Å²) in [7, 11) is 3.48. The number of hydrogen-bond donors (Lipinski definition) is 1. The van der Waals surface area contributed by atoms with Gasteiger partial charge in [-0.15, -0.1) is 10.2 Å². The molecule has 33 heavy (non-hydrogen) atoms. The number of aryl methyl sites for hydroxylation is 2. The van der Waals surface area contributed by atoms with E-state index in [4.69, 9.17) is 4.74 Å². The van der Waals surface area contributed by atoms with Crippen molar-refractivity contribution in [2.75, 3.05) is 20.7 Å². The van der Waals surface area contributed by atoms with Crippen LogP contribution in [0.2, 0.25) is 0 Å². The van der Waals surface area contributed by atoms with Gasteiger partial charge < -0.3 is 9.64 Å². The second-order valence-corrected chi connectivity index (χ2v) is 7.85. The van der Waals surface area contributed by atoms with Gasteiger partial charge in [0.15, 0.2) is 0 Å². The van der Waals surface area contributed by atoms with Crippen LogP contribution in [0.5, 0.6) is 5.75 Å². The van der Waals surface area contributed by atoms with E-state index in [1.807, 2.05) is 69.3 Å². The van der Waals surface area contributed by atoms with E-state index < -0.39 is 0 Å². The molecule has 0 bridgehead atoms. The number of aromatic amines is 1. The lowest BCUT2D eigenvalue weighted by atomic mass is 9.93. The number of pyridine rings is 1. The van der Waals surface area contributed by atoms with Crippen molar-refractivity contribution in [1.29, 1.82) is 0 Å². The molecular weight excluding hydrogens is 416 g/mol. The van der Waals surface area contributed by atoms with Gasteiger partial charge in [-0.1, -0.05) is 48.5 Å². The minimum Gasteiger partial charge on any atom is -0.491 e. The van der Waals surface area contributed by atoms with Crippen molar-refractivity contribution < 1.29 is 9.53 Å². The zero-order chi connectivity index (χ0) is 23.5. The van der Waals surface area contributed by atoms with E-state index in [1.54, 1.807) is 19.0 Å². The third-order valence-electron chi connectivity index (χ3n) is 5.41. The minimum atomic E-state index is -0.109. The van der Waals surface area contributed by atoms with Gasteiger partial charge in [0.25, 0.3) is 5.91 Å². The Hall–Kier alpha value is -4.07. The molecule has 0 fully saturated rings. The van der Waals surface area contributed by atoms with Crippen LogP contribution in [0.1, 0.15) is 28.7 Å². The Kier molecular flexibility index (Phi) is 6.17. The molecule has 2 aromatic carbocycles. The van der Waals surface area contributed by atoms with Gasteiger partial charge in [-0.2, -0.15) is 5.21 Å². The maximum Gasteiger partial charge on any atom is 0.255 e. The predicted octanol–water partition coefficient (Wildman–Crippen LogP) is 4.31. The Morgan fingerprint density at radius 2 is 1.64 bits per heavy atom. The summed E-state index contributed by atoms with van der Waals surface area (Å²) < 4.78 is 5.97. The number of hydrogen-bond acceptors (Lipinski definition) is 6. The molecule has 0 radical (unpaired) electrons. The van der Waals surface area contributed by atoms with Crippen LogP contribution < -0.4 is 4.74 Å². The molecule has 2 heterocycles. The second kappa shape index (κ2) is 9.20. The lowest BCUT2D eigenvalue weighted by molar-refractivity contribution is 0.0826. The Morgan fingerprint density at radius 1 is 0.970 bits per heavy atom. The number of benzene rings is 2. The monoisotopic (exact) mass is 442 g/mol. The average Bonchev–Trinajstić information content (AvgIpc) is 3.35. The van der Waals surface area contributed by atoms with Gasteiger partial charge in [-0.25, -0.2) is 0 Å². The highest BCUT2D eigenvalue weighted by molar-refractivity contribution is 6.03. The van der Waals surface area contributed by atoms with Gasteiger partial charge in [-0.3, -0.25) is 9.78 Å². The molecule has 0 aliphatic heterocycles. The summed E-state index contributed by atoms with van der Waals surface area (Å²) in [5.74, 6) is 1.06. The fourth-order valence-electron chi connectivity index (χ4n) is 3.94. The summed E-state index contributed by atoms with van der Waals surface area (Å²) in [6, 6.07) is 16.0. The van der Waals surface area contributed by atoms with Gasteiger partial charge in [-0.05, 0) is 42.7 Å². The van der Waals surface area contributed by atoms with E-state index in [2.05, 4.69) is 25.6 Å². The quantitative estimate of drug-likeness (QED) is 0.478. The molecule has 0 saturated carbocycles. The normalized spacial score (nSPS) is 10.8. The van der Waals surface area contributed by atoms with Crippen molar-refractivity contribution in [2.24, 2.45) is 0 Å². The molecule has 0 aliphatic rings. The molecule has 0 unspecified atom stereocenters. The first-order valence-corrected chi connectivity index (χ1v) is 10.7. The molecular formula is C25H26N6O2. The number of nitrogens with one attached hydrogen (secondary N) is 1. The van der Waals surface area contributed by atoms with Crippen LogP contribution in [-0.2, 0) is 0 Å². The number of rotatable bonds is 6. The zero-order valence-corrected chi connectivity index (χ0v) is 19.4. The second-order valence-electron chi connectivity index (χ2n) is 7.85. The van der Waals surface area contributed by atoms with E-state index in [0.717, 1.165) is 33.5 Å². The number of carbonyl (C=O) groups is 1. The minimum absolute atomic E-state index is 0.109. The van der Waals surface area contributed by atoms with Crippen molar-refractivity contribution >= 4 is 5.91 Å². The molecule has 8 nitrogen and oxygen atoms in total. The fourth-order valence-corrected chi connectivity index (χ4v) is 3.94. The van der Waals surface area contributed by atoms with Crippen LogP contribution >= 0.6 is 0 Å². The molecule has 0 atom stereocenters. The third kappa shape index (κ3) is 4.19. The van der Waals surface area contributed by atoms with Crippen LogP contribution in [0.25, 0.3) is 33.6 Å². The smallest absolute Gasteiger partial charge is 0.255 e. The largest absolute Gasteiger partial charge is 0.491 e. The SMILES string of the molecule is CCOc1c(C)nc(C)c(C(=O)N(C)C)c1-c1ccc(-c2ccccc2-c2nn[nH]n2)cc1. The molecule has 0 aliphatic carbocycles. The van der Waals surface area contributed by atoms with Gasteiger partial charge in [0.2, 0.25) is 5.82 Å². The van der Waals surface area contributed by atoms with E-state index in [1.165, 1.54) is 0 Å². The third-order valence-corrected chi connectivity index (χ3v) is 5.41. The molecule has 2 aromatic heterocycles. The number of carbonyl (C=O) groups excluding carboxylic acids is 1. The number of nitrogens with zero attached hydrogens (tertiary/aromatic N) is 5. The maximum absolute atomic E-state index is 13.1. The highest BCUT2D eigenvalue weighted by Gasteiger charge is 2.24. The summed E-state index contributed by atoms with van der Waals surface area (Å²) >= 11 is 0. The summed E-state index contributed by atoms with van der Waals surface area (Å²) in [6.45, 7) is 6.16. The van der Waals surface area contributed by atoms with E-state index in [9.17, 15) is 4.79 Å². The summed E-state index contributed by atoms with van der Waals surface area (Å²) in [5.41, 5.74) is 6.50. The van der Waals surface area contributed by atoms with Gasteiger partial charge in [0, 0.05) is 25.2 Å². The molecule has 1 N–H and O–H groups in total.